The number of halogens is 3. The number of carbonyl (C=O) groups excluding carboxylic acids is 1. The number of amides is 1. The van der Waals surface area contributed by atoms with Gasteiger partial charge in [0.05, 0.1) is 18.7 Å². The van der Waals surface area contributed by atoms with Crippen molar-refractivity contribution < 1.29 is 9.18 Å². The van der Waals surface area contributed by atoms with Crippen molar-refractivity contribution in [3.63, 3.8) is 0 Å². The van der Waals surface area contributed by atoms with Crippen LogP contribution in [0.3, 0.4) is 0 Å². The molecule has 0 spiro atoms. The van der Waals surface area contributed by atoms with Crippen molar-refractivity contribution in [2.24, 2.45) is 7.05 Å². The van der Waals surface area contributed by atoms with Crippen molar-refractivity contribution in [1.29, 1.82) is 0 Å². The summed E-state index contributed by atoms with van der Waals surface area (Å²) in [7, 11) is 1.83. The van der Waals surface area contributed by atoms with E-state index in [1.54, 1.807) is 16.9 Å². The second-order valence-corrected chi connectivity index (χ2v) is 5.56. The maximum Gasteiger partial charge on any atom is 0.227 e. The van der Waals surface area contributed by atoms with E-state index in [9.17, 15) is 9.18 Å². The van der Waals surface area contributed by atoms with Gasteiger partial charge in [-0.1, -0.05) is 12.1 Å². The van der Waals surface area contributed by atoms with Gasteiger partial charge in [-0.15, -0.1) is 24.8 Å². The van der Waals surface area contributed by atoms with Gasteiger partial charge in [0.15, 0.2) is 0 Å². The molecule has 1 aliphatic heterocycles. The van der Waals surface area contributed by atoms with Gasteiger partial charge in [-0.25, -0.2) is 4.39 Å². The monoisotopic (exact) mass is 374 g/mol. The summed E-state index contributed by atoms with van der Waals surface area (Å²) < 4.78 is 15.2. The van der Waals surface area contributed by atoms with Gasteiger partial charge in [0.2, 0.25) is 5.91 Å². The Morgan fingerprint density at radius 1 is 1.42 bits per heavy atom. The van der Waals surface area contributed by atoms with Crippen molar-refractivity contribution >= 4 is 30.7 Å². The zero-order valence-electron chi connectivity index (χ0n) is 13.3. The van der Waals surface area contributed by atoms with Gasteiger partial charge >= 0.3 is 0 Å². The molecule has 0 saturated carbocycles. The van der Waals surface area contributed by atoms with Crippen LogP contribution in [0.1, 0.15) is 17.2 Å². The Labute approximate surface area is 153 Å². The zero-order valence-corrected chi connectivity index (χ0v) is 14.9. The number of aryl methyl sites for hydroxylation is 1. The lowest BCUT2D eigenvalue weighted by molar-refractivity contribution is -0.133. The summed E-state index contributed by atoms with van der Waals surface area (Å²) in [6, 6.07) is 6.34. The molecule has 2 aromatic rings. The summed E-state index contributed by atoms with van der Waals surface area (Å²) in [4.78, 5) is 14.4. The quantitative estimate of drug-likeness (QED) is 0.894. The zero-order chi connectivity index (χ0) is 15.5. The van der Waals surface area contributed by atoms with Crippen LogP contribution in [0.25, 0.3) is 0 Å². The van der Waals surface area contributed by atoms with Gasteiger partial charge in [0.25, 0.3) is 0 Å². The van der Waals surface area contributed by atoms with Crippen LogP contribution in [0, 0.1) is 5.82 Å². The molecule has 0 radical (unpaired) electrons. The Hall–Kier alpha value is -1.63. The Kier molecular flexibility index (Phi) is 7.66. The fourth-order valence-electron chi connectivity index (χ4n) is 2.85. The van der Waals surface area contributed by atoms with Crippen LogP contribution in [0.4, 0.5) is 4.39 Å². The predicted octanol–water partition coefficient (Wildman–Crippen LogP) is 2.12. The molecular weight excluding hydrogens is 354 g/mol. The highest BCUT2D eigenvalue weighted by Gasteiger charge is 2.28. The van der Waals surface area contributed by atoms with Crippen molar-refractivity contribution in [2.75, 3.05) is 19.6 Å². The molecule has 1 aromatic carbocycles. The topological polar surface area (TPSA) is 50.2 Å². The van der Waals surface area contributed by atoms with Gasteiger partial charge in [0, 0.05) is 32.9 Å². The lowest BCUT2D eigenvalue weighted by Gasteiger charge is -2.36. The highest BCUT2D eigenvalue weighted by atomic mass is 35.5. The number of piperazine rings is 1. The van der Waals surface area contributed by atoms with E-state index in [1.165, 1.54) is 12.1 Å². The van der Waals surface area contributed by atoms with E-state index < -0.39 is 0 Å². The number of nitrogens with zero attached hydrogens (tertiary/aromatic N) is 3. The Morgan fingerprint density at radius 3 is 2.88 bits per heavy atom. The van der Waals surface area contributed by atoms with Crippen LogP contribution in [0.5, 0.6) is 0 Å². The van der Waals surface area contributed by atoms with Crippen LogP contribution in [0.2, 0.25) is 0 Å². The van der Waals surface area contributed by atoms with E-state index in [-0.39, 0.29) is 42.6 Å². The Bertz CT molecular complexity index is 680. The van der Waals surface area contributed by atoms with Crippen LogP contribution in [-0.2, 0) is 18.3 Å². The molecule has 24 heavy (non-hydrogen) atoms. The van der Waals surface area contributed by atoms with E-state index in [0.717, 1.165) is 17.7 Å². The summed E-state index contributed by atoms with van der Waals surface area (Å²) in [6.07, 6.45) is 3.87. The second kappa shape index (κ2) is 9.01. The fraction of sp³-hybridized carbons (Fsp3) is 0.375. The van der Waals surface area contributed by atoms with Gasteiger partial charge in [0.1, 0.15) is 5.82 Å². The summed E-state index contributed by atoms with van der Waals surface area (Å²) in [6.45, 7) is 2.02. The molecule has 8 heteroatoms. The van der Waals surface area contributed by atoms with E-state index in [1.807, 2.05) is 24.2 Å². The first-order valence-electron chi connectivity index (χ1n) is 7.36. The van der Waals surface area contributed by atoms with Gasteiger partial charge in [-0.2, -0.15) is 5.10 Å². The standard InChI is InChI=1S/C16H19FN4O.2ClH/c1-20-11-12(9-19-20)7-16(22)21-6-5-18-10-15(21)13-3-2-4-14(17)8-13;;/h2-4,8-9,11,15,18H,5-7,10H2,1H3;2*1H. The predicted molar refractivity (Wildman–Crippen MR) is 95.1 cm³/mol. The molecule has 1 fully saturated rings. The summed E-state index contributed by atoms with van der Waals surface area (Å²) in [5.41, 5.74) is 1.72. The number of benzene rings is 1. The lowest BCUT2D eigenvalue weighted by Crippen LogP contribution is -2.49. The maximum atomic E-state index is 13.5. The molecule has 3 rings (SSSR count). The molecule has 1 amide bonds. The van der Waals surface area contributed by atoms with E-state index in [2.05, 4.69) is 10.4 Å². The Balaban J connectivity index is 0.00000144. The van der Waals surface area contributed by atoms with Gasteiger partial charge < -0.3 is 10.2 Å². The van der Waals surface area contributed by atoms with Crippen LogP contribution in [0.15, 0.2) is 36.7 Å². The molecule has 0 aliphatic carbocycles. The van der Waals surface area contributed by atoms with E-state index in [4.69, 9.17) is 0 Å². The molecule has 1 saturated heterocycles. The summed E-state index contributed by atoms with van der Waals surface area (Å²) in [5.74, 6) is -0.230. The van der Waals surface area contributed by atoms with Crippen molar-refractivity contribution in [1.82, 2.24) is 20.0 Å². The summed E-state index contributed by atoms with van der Waals surface area (Å²) >= 11 is 0. The molecule has 2 heterocycles. The highest BCUT2D eigenvalue weighted by Crippen LogP contribution is 2.23. The molecule has 1 N–H and O–H groups in total. The lowest BCUT2D eigenvalue weighted by atomic mass is 10.0. The minimum absolute atomic E-state index is 0. The summed E-state index contributed by atoms with van der Waals surface area (Å²) in [5, 5.41) is 7.36. The molecular formula is C16H21Cl2FN4O. The minimum atomic E-state index is -0.275. The van der Waals surface area contributed by atoms with Gasteiger partial charge in [-0.05, 0) is 23.3 Å². The third kappa shape index (κ3) is 4.69. The highest BCUT2D eigenvalue weighted by molar-refractivity contribution is 5.85. The number of hydrogen-bond donors (Lipinski definition) is 1. The third-order valence-electron chi connectivity index (χ3n) is 3.91. The average Bonchev–Trinajstić information content (AvgIpc) is 2.92. The normalized spacial score (nSPS) is 16.9. The maximum absolute atomic E-state index is 13.5. The van der Waals surface area contributed by atoms with Gasteiger partial charge in [-0.3, -0.25) is 9.48 Å². The minimum Gasteiger partial charge on any atom is -0.333 e. The van der Waals surface area contributed by atoms with Crippen LogP contribution < -0.4 is 5.32 Å². The third-order valence-corrected chi connectivity index (χ3v) is 3.91. The number of rotatable bonds is 3. The SMILES string of the molecule is Cl.Cl.Cn1cc(CC(=O)N2CCNCC2c2cccc(F)c2)cn1. The molecule has 1 aliphatic rings. The molecule has 1 aromatic heterocycles. The molecule has 0 bridgehead atoms. The van der Waals surface area contributed by atoms with Crippen molar-refractivity contribution in [3.8, 4) is 0 Å². The number of nitrogens with one attached hydrogen (secondary N) is 1. The van der Waals surface area contributed by atoms with E-state index in [0.29, 0.717) is 19.5 Å². The smallest absolute Gasteiger partial charge is 0.227 e. The molecule has 5 nitrogen and oxygen atoms in total. The first kappa shape index (κ1) is 20.4. The Morgan fingerprint density at radius 2 is 2.21 bits per heavy atom. The fourth-order valence-corrected chi connectivity index (χ4v) is 2.85. The van der Waals surface area contributed by atoms with E-state index >= 15 is 0 Å². The number of carbonyl (C=O) groups is 1. The molecule has 132 valence electrons. The van der Waals surface area contributed by atoms with Crippen LogP contribution >= 0.6 is 24.8 Å². The van der Waals surface area contributed by atoms with Crippen LogP contribution in [-0.4, -0.2) is 40.2 Å². The average molecular weight is 375 g/mol. The molecule has 1 unspecified atom stereocenters. The second-order valence-electron chi connectivity index (χ2n) is 5.56. The largest absolute Gasteiger partial charge is 0.333 e. The number of hydrogen-bond acceptors (Lipinski definition) is 3. The van der Waals surface area contributed by atoms with Crippen molar-refractivity contribution in [2.45, 2.75) is 12.5 Å². The first-order chi connectivity index (χ1) is 10.6. The van der Waals surface area contributed by atoms with Crippen molar-refractivity contribution in [3.05, 3.63) is 53.6 Å². The molecule has 1 atom stereocenters. The first-order valence-corrected chi connectivity index (χ1v) is 7.36. The number of aromatic nitrogens is 2.